The molecular weight excluding hydrogens is 296 g/mol. The first-order chi connectivity index (χ1) is 9.60. The lowest BCUT2D eigenvalue weighted by atomic mass is 10.3. The Morgan fingerprint density at radius 2 is 2.25 bits per heavy atom. The molecule has 0 bridgehead atoms. The number of benzene rings is 1. The van der Waals surface area contributed by atoms with E-state index in [1.807, 2.05) is 19.1 Å². The van der Waals surface area contributed by atoms with Gasteiger partial charge in [0.1, 0.15) is 5.82 Å². The third kappa shape index (κ3) is 3.74. The van der Waals surface area contributed by atoms with Crippen molar-refractivity contribution in [2.24, 2.45) is 0 Å². The minimum absolute atomic E-state index is 0.133. The number of amides is 1. The lowest BCUT2D eigenvalue weighted by Gasteiger charge is -2.11. The topological polar surface area (TPSA) is 70.7 Å². The molecule has 0 radical (unpaired) electrons. The fourth-order valence-corrected chi connectivity index (χ4v) is 2.42. The summed E-state index contributed by atoms with van der Waals surface area (Å²) in [6.07, 6.45) is 0.785. The molecule has 20 heavy (non-hydrogen) atoms. The summed E-state index contributed by atoms with van der Waals surface area (Å²) in [6.45, 7) is 3.79. The summed E-state index contributed by atoms with van der Waals surface area (Å²) in [4.78, 5) is 16.4. The molecule has 0 saturated heterocycles. The first-order valence-corrected chi connectivity index (χ1v) is 7.49. The molecule has 0 aliphatic rings. The van der Waals surface area contributed by atoms with Gasteiger partial charge in [0.2, 0.25) is 11.1 Å². The van der Waals surface area contributed by atoms with E-state index in [1.165, 1.54) is 11.8 Å². The van der Waals surface area contributed by atoms with Crippen LogP contribution >= 0.6 is 23.4 Å². The summed E-state index contributed by atoms with van der Waals surface area (Å²) in [6, 6.07) is 7.13. The number of hydrogen-bond acceptors (Lipinski definition) is 4. The fraction of sp³-hybridized carbons (Fsp3) is 0.308. The van der Waals surface area contributed by atoms with Gasteiger partial charge in [0, 0.05) is 6.42 Å². The molecule has 2 aromatic rings. The Morgan fingerprint density at radius 3 is 2.90 bits per heavy atom. The van der Waals surface area contributed by atoms with Gasteiger partial charge >= 0.3 is 0 Å². The Bertz CT molecular complexity index is 602. The highest BCUT2D eigenvalue weighted by molar-refractivity contribution is 8.00. The molecule has 2 N–H and O–H groups in total. The highest BCUT2D eigenvalue weighted by Gasteiger charge is 2.17. The number of H-pyrrole nitrogens is 1. The Labute approximate surface area is 126 Å². The number of nitrogens with one attached hydrogen (secondary N) is 2. The van der Waals surface area contributed by atoms with Crippen molar-refractivity contribution < 1.29 is 4.79 Å². The third-order valence-electron chi connectivity index (χ3n) is 2.63. The number of hydrogen-bond donors (Lipinski definition) is 2. The van der Waals surface area contributed by atoms with Crippen molar-refractivity contribution in [2.45, 2.75) is 30.7 Å². The van der Waals surface area contributed by atoms with Crippen molar-refractivity contribution in [3.63, 3.8) is 0 Å². The van der Waals surface area contributed by atoms with E-state index in [1.54, 1.807) is 19.1 Å². The second-order valence-electron chi connectivity index (χ2n) is 4.15. The number of halogens is 1. The van der Waals surface area contributed by atoms with Crippen molar-refractivity contribution in [1.29, 1.82) is 0 Å². The quantitative estimate of drug-likeness (QED) is 0.832. The van der Waals surface area contributed by atoms with Gasteiger partial charge in [-0.3, -0.25) is 9.89 Å². The van der Waals surface area contributed by atoms with E-state index in [9.17, 15) is 4.79 Å². The summed E-state index contributed by atoms with van der Waals surface area (Å²) >= 11 is 7.31. The first-order valence-electron chi connectivity index (χ1n) is 6.23. The van der Waals surface area contributed by atoms with Gasteiger partial charge in [0.25, 0.3) is 0 Å². The van der Waals surface area contributed by atoms with Crippen LogP contribution in [0.1, 0.15) is 19.7 Å². The Hall–Kier alpha value is -1.53. The normalized spacial score (nSPS) is 12.2. The largest absolute Gasteiger partial charge is 0.324 e. The Morgan fingerprint density at radius 1 is 1.50 bits per heavy atom. The first kappa shape index (κ1) is 14.9. The monoisotopic (exact) mass is 310 g/mol. The Balaban J connectivity index is 1.97. The number of para-hydroxylation sites is 1. The van der Waals surface area contributed by atoms with Crippen molar-refractivity contribution >= 4 is 35.0 Å². The lowest BCUT2D eigenvalue weighted by Crippen LogP contribution is -2.22. The molecule has 0 spiro atoms. The summed E-state index contributed by atoms with van der Waals surface area (Å²) in [7, 11) is 0. The van der Waals surface area contributed by atoms with Gasteiger partial charge in [-0.2, -0.15) is 0 Å². The van der Waals surface area contributed by atoms with E-state index in [4.69, 9.17) is 11.6 Å². The number of aromatic amines is 1. The number of rotatable bonds is 5. The average Bonchev–Trinajstić information content (AvgIpc) is 2.89. The van der Waals surface area contributed by atoms with Gasteiger partial charge in [0.15, 0.2) is 0 Å². The smallest absolute Gasteiger partial charge is 0.237 e. The molecule has 5 nitrogen and oxygen atoms in total. The van der Waals surface area contributed by atoms with Gasteiger partial charge in [-0.1, -0.05) is 42.4 Å². The second kappa shape index (κ2) is 6.76. The summed E-state index contributed by atoms with van der Waals surface area (Å²) in [5.41, 5.74) is 0.607. The van der Waals surface area contributed by atoms with E-state index in [0.717, 1.165) is 12.2 Å². The number of anilines is 1. The molecule has 0 aliphatic heterocycles. The van der Waals surface area contributed by atoms with Crippen molar-refractivity contribution in [2.75, 3.05) is 5.32 Å². The molecule has 0 saturated carbocycles. The summed E-state index contributed by atoms with van der Waals surface area (Å²) in [5, 5.41) is 10.4. The minimum atomic E-state index is -0.313. The number of thioether (sulfide) groups is 1. The highest BCUT2D eigenvalue weighted by atomic mass is 35.5. The van der Waals surface area contributed by atoms with Crippen LogP contribution in [0.3, 0.4) is 0 Å². The van der Waals surface area contributed by atoms with E-state index in [2.05, 4.69) is 20.5 Å². The number of aryl methyl sites for hydroxylation is 1. The van der Waals surface area contributed by atoms with Crippen LogP contribution in [0.5, 0.6) is 0 Å². The average molecular weight is 311 g/mol. The van der Waals surface area contributed by atoms with Crippen LogP contribution in [-0.2, 0) is 11.2 Å². The van der Waals surface area contributed by atoms with Gasteiger partial charge in [-0.25, -0.2) is 4.98 Å². The van der Waals surface area contributed by atoms with E-state index < -0.39 is 0 Å². The van der Waals surface area contributed by atoms with Gasteiger partial charge in [0.05, 0.1) is 16.0 Å². The predicted molar refractivity (Wildman–Crippen MR) is 81.2 cm³/mol. The molecule has 1 heterocycles. The third-order valence-corrected chi connectivity index (χ3v) is 3.92. The van der Waals surface area contributed by atoms with Crippen LogP contribution in [0.25, 0.3) is 0 Å². The van der Waals surface area contributed by atoms with Crippen LogP contribution in [0.4, 0.5) is 5.69 Å². The van der Waals surface area contributed by atoms with Gasteiger partial charge in [-0.15, -0.1) is 5.10 Å². The van der Waals surface area contributed by atoms with Crippen LogP contribution in [0.2, 0.25) is 5.02 Å². The predicted octanol–water partition coefficient (Wildman–Crippen LogP) is 3.14. The van der Waals surface area contributed by atoms with Gasteiger partial charge in [-0.05, 0) is 19.1 Å². The molecule has 0 aliphatic carbocycles. The van der Waals surface area contributed by atoms with E-state index in [0.29, 0.717) is 15.9 Å². The zero-order valence-corrected chi connectivity index (χ0v) is 12.8. The molecule has 7 heteroatoms. The van der Waals surface area contributed by atoms with E-state index >= 15 is 0 Å². The van der Waals surface area contributed by atoms with Crippen LogP contribution in [-0.4, -0.2) is 26.3 Å². The SMILES string of the molecule is CCc1nc(SC(C)C(=O)Nc2ccccc2Cl)n[nH]1. The lowest BCUT2D eigenvalue weighted by molar-refractivity contribution is -0.115. The molecule has 106 valence electrons. The van der Waals surface area contributed by atoms with E-state index in [-0.39, 0.29) is 11.2 Å². The zero-order chi connectivity index (χ0) is 14.5. The zero-order valence-electron chi connectivity index (χ0n) is 11.2. The second-order valence-corrected chi connectivity index (χ2v) is 5.86. The standard InChI is InChI=1S/C13H15ClN4OS/c1-3-11-16-13(18-17-11)20-8(2)12(19)15-10-7-5-4-6-9(10)14/h4-8H,3H2,1-2H3,(H,15,19)(H,16,17,18). The minimum Gasteiger partial charge on any atom is -0.324 e. The highest BCUT2D eigenvalue weighted by Crippen LogP contribution is 2.24. The fourth-order valence-electron chi connectivity index (χ4n) is 1.50. The molecule has 1 unspecified atom stereocenters. The Kier molecular flexibility index (Phi) is 5.03. The maximum atomic E-state index is 12.1. The maximum absolute atomic E-state index is 12.1. The number of nitrogens with zero attached hydrogens (tertiary/aromatic N) is 2. The van der Waals surface area contributed by atoms with Gasteiger partial charge < -0.3 is 5.32 Å². The molecule has 0 fully saturated rings. The number of aromatic nitrogens is 3. The maximum Gasteiger partial charge on any atom is 0.237 e. The molecule has 1 aromatic heterocycles. The molecule has 2 rings (SSSR count). The van der Waals surface area contributed by atoms with Crippen LogP contribution < -0.4 is 5.32 Å². The molecule has 1 amide bonds. The number of carbonyl (C=O) groups excluding carboxylic acids is 1. The number of carbonyl (C=O) groups is 1. The van der Waals surface area contributed by atoms with Crippen LogP contribution in [0, 0.1) is 0 Å². The van der Waals surface area contributed by atoms with Crippen LogP contribution in [0.15, 0.2) is 29.4 Å². The van der Waals surface area contributed by atoms with Crippen molar-refractivity contribution in [3.05, 3.63) is 35.1 Å². The summed E-state index contributed by atoms with van der Waals surface area (Å²) in [5.74, 6) is 0.678. The molecule has 1 atom stereocenters. The van der Waals surface area contributed by atoms with Crippen molar-refractivity contribution in [1.82, 2.24) is 15.2 Å². The summed E-state index contributed by atoms with van der Waals surface area (Å²) < 4.78 is 0. The molecular formula is C13H15ClN4OS. The van der Waals surface area contributed by atoms with Crippen molar-refractivity contribution in [3.8, 4) is 0 Å². The molecule has 1 aromatic carbocycles.